The van der Waals surface area contributed by atoms with E-state index in [9.17, 15) is 8.42 Å². The zero-order chi connectivity index (χ0) is 19.9. The monoisotopic (exact) mass is 400 g/mol. The molecule has 3 N–H and O–H groups in total. The van der Waals surface area contributed by atoms with E-state index < -0.39 is 10.0 Å². The normalized spacial score (nSPS) is 18.0. The number of benzene rings is 2. The van der Waals surface area contributed by atoms with Crippen LogP contribution in [0.2, 0.25) is 0 Å². The third kappa shape index (κ3) is 3.63. The van der Waals surface area contributed by atoms with Crippen LogP contribution in [0.4, 0.5) is 5.82 Å². The number of hydrogen-bond donors (Lipinski definition) is 2. The highest BCUT2D eigenvalue weighted by atomic mass is 32.2. The van der Waals surface area contributed by atoms with Gasteiger partial charge in [-0.1, -0.05) is 29.4 Å². The van der Waals surface area contributed by atoms with Crippen LogP contribution >= 0.6 is 0 Å². The first kappa shape index (κ1) is 18.9. The molecular weight excluding hydrogens is 376 g/mol. The van der Waals surface area contributed by atoms with E-state index in [1.165, 1.54) is 0 Å². The summed E-state index contributed by atoms with van der Waals surface area (Å²) in [4.78, 5) is 2.54. The number of sulfonamides is 1. The van der Waals surface area contributed by atoms with Gasteiger partial charge in [0.15, 0.2) is 11.4 Å². The lowest BCUT2D eigenvalue weighted by atomic mass is 10.1. The summed E-state index contributed by atoms with van der Waals surface area (Å²) < 4.78 is 33.6. The van der Waals surface area contributed by atoms with Gasteiger partial charge in [-0.3, -0.25) is 9.62 Å². The second-order valence-corrected chi connectivity index (χ2v) is 9.12. The molecule has 2 aromatic carbocycles. The zero-order valence-corrected chi connectivity index (χ0v) is 16.8. The van der Waals surface area contributed by atoms with Gasteiger partial charge in [0.2, 0.25) is 0 Å². The molecule has 0 amide bonds. The van der Waals surface area contributed by atoms with E-state index in [0.717, 1.165) is 37.2 Å². The maximum Gasteiger partial charge on any atom is 0.263 e. The van der Waals surface area contributed by atoms with Crippen LogP contribution in [0.5, 0.6) is 0 Å². The fourth-order valence-corrected chi connectivity index (χ4v) is 5.06. The Bertz CT molecular complexity index is 1120. The number of rotatable bonds is 5. The summed E-state index contributed by atoms with van der Waals surface area (Å²) in [7, 11) is -3.75. The minimum atomic E-state index is -3.75. The molecule has 1 aromatic heterocycles. The second kappa shape index (κ2) is 7.20. The molecule has 7 nitrogen and oxygen atoms in total. The Morgan fingerprint density at radius 1 is 1.25 bits per heavy atom. The third-order valence-corrected chi connectivity index (χ3v) is 6.66. The number of fused-ring (bicyclic) bond motifs is 1. The number of anilines is 1. The molecule has 0 spiro atoms. The van der Waals surface area contributed by atoms with E-state index in [4.69, 9.17) is 10.3 Å². The Hall–Kier alpha value is -2.42. The molecule has 3 aromatic rings. The van der Waals surface area contributed by atoms with Crippen LogP contribution in [0.3, 0.4) is 0 Å². The van der Waals surface area contributed by atoms with E-state index in [1.807, 2.05) is 13.0 Å². The molecule has 1 atom stereocenters. The molecular formula is C20H24N4O3S. The number of aromatic nitrogens is 1. The van der Waals surface area contributed by atoms with Crippen LogP contribution in [0.15, 0.2) is 45.8 Å². The predicted octanol–water partition coefficient (Wildman–Crippen LogP) is 2.78. The SMILES string of the molecule is Cc1ccccc1S(=O)(=O)Nc1noc2cc(CN3CCC(N)C3)cc(C)c12. The summed E-state index contributed by atoms with van der Waals surface area (Å²) in [6, 6.07) is 11.0. The summed E-state index contributed by atoms with van der Waals surface area (Å²) >= 11 is 0. The van der Waals surface area contributed by atoms with Gasteiger partial charge in [-0.25, -0.2) is 8.42 Å². The highest BCUT2D eigenvalue weighted by Gasteiger charge is 2.23. The first-order valence-electron chi connectivity index (χ1n) is 9.29. The van der Waals surface area contributed by atoms with Gasteiger partial charge in [0.25, 0.3) is 10.0 Å². The molecule has 28 heavy (non-hydrogen) atoms. The topological polar surface area (TPSA) is 101 Å². The van der Waals surface area contributed by atoms with E-state index >= 15 is 0 Å². The maximum absolute atomic E-state index is 12.8. The number of nitrogens with zero attached hydrogens (tertiary/aromatic N) is 2. The van der Waals surface area contributed by atoms with Crippen LogP contribution in [0, 0.1) is 13.8 Å². The minimum absolute atomic E-state index is 0.213. The van der Waals surface area contributed by atoms with Gasteiger partial charge in [-0.15, -0.1) is 0 Å². The zero-order valence-electron chi connectivity index (χ0n) is 16.0. The summed E-state index contributed by atoms with van der Waals surface area (Å²) in [5.41, 5.74) is 9.24. The molecule has 0 bridgehead atoms. The van der Waals surface area contributed by atoms with Crippen LogP contribution in [-0.4, -0.2) is 37.6 Å². The molecule has 1 unspecified atom stereocenters. The van der Waals surface area contributed by atoms with Crippen molar-refractivity contribution in [2.75, 3.05) is 17.8 Å². The van der Waals surface area contributed by atoms with Crippen molar-refractivity contribution >= 4 is 26.8 Å². The first-order chi connectivity index (χ1) is 13.3. The smallest absolute Gasteiger partial charge is 0.263 e. The van der Waals surface area contributed by atoms with Gasteiger partial charge in [0, 0.05) is 25.7 Å². The van der Waals surface area contributed by atoms with Crippen LogP contribution in [0.25, 0.3) is 11.0 Å². The maximum atomic E-state index is 12.8. The Balaban J connectivity index is 1.63. The fraction of sp³-hybridized carbons (Fsp3) is 0.350. The van der Waals surface area contributed by atoms with Gasteiger partial charge in [-0.05, 0) is 49.1 Å². The number of nitrogens with two attached hydrogens (primary N) is 1. The van der Waals surface area contributed by atoms with Gasteiger partial charge in [-0.2, -0.15) is 0 Å². The lowest BCUT2D eigenvalue weighted by Gasteiger charge is -2.15. The van der Waals surface area contributed by atoms with Crippen molar-refractivity contribution in [2.45, 2.75) is 37.8 Å². The third-order valence-electron chi connectivity index (χ3n) is 5.16. The molecule has 1 aliphatic heterocycles. The summed E-state index contributed by atoms with van der Waals surface area (Å²) in [6.07, 6.45) is 1.01. The molecule has 1 fully saturated rings. The van der Waals surface area contributed by atoms with Crippen LogP contribution in [0.1, 0.15) is 23.1 Å². The molecule has 0 saturated carbocycles. The Labute approximate surface area is 164 Å². The molecule has 8 heteroatoms. The van der Waals surface area contributed by atoms with E-state index in [2.05, 4.69) is 20.8 Å². The van der Waals surface area contributed by atoms with Crippen molar-refractivity contribution in [3.05, 3.63) is 53.1 Å². The molecule has 0 radical (unpaired) electrons. The Morgan fingerprint density at radius 2 is 2.04 bits per heavy atom. The Kier molecular flexibility index (Phi) is 4.86. The standard InChI is InChI=1S/C20H24N4O3S/c1-13-5-3-4-6-18(13)28(25,26)23-20-19-14(2)9-15(10-17(19)27-22-20)11-24-8-7-16(21)12-24/h3-6,9-10,16H,7-8,11-12,21H2,1-2H3,(H,22,23). The van der Waals surface area contributed by atoms with Crippen LogP contribution < -0.4 is 10.5 Å². The lowest BCUT2D eigenvalue weighted by molar-refractivity contribution is 0.327. The van der Waals surface area contributed by atoms with Gasteiger partial charge in [0.05, 0.1) is 10.3 Å². The van der Waals surface area contributed by atoms with Crippen molar-refractivity contribution < 1.29 is 12.9 Å². The van der Waals surface area contributed by atoms with Gasteiger partial charge in [0.1, 0.15) is 0 Å². The Morgan fingerprint density at radius 3 is 2.75 bits per heavy atom. The van der Waals surface area contributed by atoms with E-state index in [1.54, 1.807) is 31.2 Å². The van der Waals surface area contributed by atoms with Gasteiger partial charge < -0.3 is 10.3 Å². The van der Waals surface area contributed by atoms with Crippen molar-refractivity contribution in [3.63, 3.8) is 0 Å². The molecule has 1 saturated heterocycles. The molecule has 1 aliphatic rings. The van der Waals surface area contributed by atoms with Gasteiger partial charge >= 0.3 is 0 Å². The number of hydrogen-bond acceptors (Lipinski definition) is 6. The number of nitrogens with one attached hydrogen (secondary N) is 1. The van der Waals surface area contributed by atoms with E-state index in [-0.39, 0.29) is 16.8 Å². The fourth-order valence-electron chi connectivity index (χ4n) is 3.81. The highest BCUT2D eigenvalue weighted by molar-refractivity contribution is 7.92. The van der Waals surface area contributed by atoms with Crippen molar-refractivity contribution in [3.8, 4) is 0 Å². The van der Waals surface area contributed by atoms with Crippen molar-refractivity contribution in [1.29, 1.82) is 0 Å². The lowest BCUT2D eigenvalue weighted by Crippen LogP contribution is -2.26. The molecule has 148 valence electrons. The number of aryl methyl sites for hydroxylation is 2. The summed E-state index contributed by atoms with van der Waals surface area (Å²) in [5.74, 6) is 0.213. The largest absolute Gasteiger partial charge is 0.354 e. The first-order valence-corrected chi connectivity index (χ1v) is 10.8. The predicted molar refractivity (Wildman–Crippen MR) is 109 cm³/mol. The molecule has 4 rings (SSSR count). The molecule has 2 heterocycles. The summed E-state index contributed by atoms with van der Waals surface area (Å²) in [6.45, 7) is 6.35. The average molecular weight is 401 g/mol. The quantitative estimate of drug-likeness (QED) is 0.683. The second-order valence-electron chi connectivity index (χ2n) is 7.47. The summed E-state index contributed by atoms with van der Waals surface area (Å²) in [5, 5.41) is 4.66. The highest BCUT2D eigenvalue weighted by Crippen LogP contribution is 2.30. The van der Waals surface area contributed by atoms with Crippen molar-refractivity contribution in [1.82, 2.24) is 10.1 Å². The average Bonchev–Trinajstić information content (AvgIpc) is 3.21. The number of likely N-dealkylation sites (tertiary alicyclic amines) is 1. The van der Waals surface area contributed by atoms with Crippen LogP contribution in [-0.2, 0) is 16.6 Å². The van der Waals surface area contributed by atoms with E-state index in [0.29, 0.717) is 16.5 Å². The minimum Gasteiger partial charge on any atom is -0.354 e. The van der Waals surface area contributed by atoms with Crippen molar-refractivity contribution in [2.24, 2.45) is 5.73 Å². The molecule has 0 aliphatic carbocycles.